The Morgan fingerprint density at radius 1 is 0.679 bits per heavy atom. The number of hydrogen-bond donors (Lipinski definition) is 1. The van der Waals surface area contributed by atoms with Gasteiger partial charge in [-0.1, -0.05) is 0 Å². The molecule has 2 saturated heterocycles. The van der Waals surface area contributed by atoms with E-state index in [1.807, 2.05) is 32.3 Å². The van der Waals surface area contributed by atoms with Crippen LogP contribution in [0.25, 0.3) is 0 Å². The molecule has 12 nitrogen and oxygen atoms in total. The van der Waals surface area contributed by atoms with Crippen molar-refractivity contribution >= 4 is 11.9 Å². The molecule has 288 valence electrons. The van der Waals surface area contributed by atoms with Crippen LogP contribution in [0.1, 0.15) is 123 Å². The van der Waals surface area contributed by atoms with Gasteiger partial charge in [0.05, 0.1) is 47.9 Å². The highest BCUT2D eigenvalue weighted by Gasteiger charge is 2.48. The zero-order chi connectivity index (χ0) is 37.8. The van der Waals surface area contributed by atoms with Gasteiger partial charge in [-0.05, 0) is 126 Å². The molecule has 2 aromatic heterocycles. The Labute approximate surface area is 316 Å². The molecular formula is C41H60N8O4. The summed E-state index contributed by atoms with van der Waals surface area (Å²) in [4.78, 5) is 23.6. The van der Waals surface area contributed by atoms with Crippen LogP contribution in [-0.2, 0) is 38.4 Å². The molecule has 0 amide bonds. The number of benzene rings is 1. The third-order valence-electron chi connectivity index (χ3n) is 11.2. The van der Waals surface area contributed by atoms with Gasteiger partial charge in [-0.15, -0.1) is 0 Å². The minimum atomic E-state index is -0.557. The monoisotopic (exact) mass is 728 g/mol. The zero-order valence-electron chi connectivity index (χ0n) is 33.6. The minimum Gasteiger partial charge on any atom is -0.494 e. The summed E-state index contributed by atoms with van der Waals surface area (Å²) >= 11 is 0. The van der Waals surface area contributed by atoms with Gasteiger partial charge >= 0.3 is 0 Å². The molecule has 4 aliphatic rings. The topological polar surface area (TPSA) is 110 Å². The average molecular weight is 729 g/mol. The average Bonchev–Trinajstić information content (AvgIpc) is 3.41. The lowest BCUT2D eigenvalue weighted by Crippen LogP contribution is -2.59. The lowest BCUT2D eigenvalue weighted by molar-refractivity contribution is -0.106. The Hall–Kier alpha value is -3.58. The van der Waals surface area contributed by atoms with Gasteiger partial charge < -0.3 is 24.3 Å². The summed E-state index contributed by atoms with van der Waals surface area (Å²) in [6, 6.07) is 6.54. The van der Waals surface area contributed by atoms with Crippen LogP contribution >= 0.6 is 0 Å². The first kappa shape index (κ1) is 37.7. The van der Waals surface area contributed by atoms with Crippen LogP contribution in [0.15, 0.2) is 30.6 Å². The highest BCUT2D eigenvalue weighted by molar-refractivity contribution is 5.51. The first-order valence-electron chi connectivity index (χ1n) is 19.7. The number of nitrogens with one attached hydrogen (secondary N) is 1. The molecule has 0 unspecified atom stereocenters. The largest absolute Gasteiger partial charge is 0.494 e. The number of fused-ring (bicyclic) bond motifs is 2. The van der Waals surface area contributed by atoms with Gasteiger partial charge in [-0.2, -0.15) is 0 Å². The Balaban J connectivity index is 1.27. The van der Waals surface area contributed by atoms with Gasteiger partial charge in [0.25, 0.3) is 0 Å². The fourth-order valence-electron chi connectivity index (χ4n) is 8.97. The van der Waals surface area contributed by atoms with E-state index < -0.39 is 22.4 Å². The molecule has 1 N–H and O–H groups in total. The Kier molecular flexibility index (Phi) is 10.1. The van der Waals surface area contributed by atoms with Crippen LogP contribution in [-0.4, -0.2) is 76.3 Å². The molecule has 4 aliphatic heterocycles. The van der Waals surface area contributed by atoms with E-state index in [0.29, 0.717) is 25.1 Å². The number of ether oxygens (including phenoxy) is 4. The number of nitrogens with zero attached hydrogens (tertiary/aromatic N) is 7. The number of aromatic nitrogens is 4. The van der Waals surface area contributed by atoms with Crippen LogP contribution < -0.4 is 24.8 Å². The Bertz CT molecular complexity index is 1760. The third kappa shape index (κ3) is 7.44. The minimum absolute atomic E-state index is 0.115. The Morgan fingerprint density at radius 2 is 1.13 bits per heavy atom. The van der Waals surface area contributed by atoms with E-state index in [2.05, 4.69) is 87.8 Å². The van der Waals surface area contributed by atoms with Crippen molar-refractivity contribution in [3.63, 3.8) is 0 Å². The molecule has 6 heterocycles. The number of hydrazine groups is 1. The van der Waals surface area contributed by atoms with E-state index in [0.717, 1.165) is 92.4 Å². The van der Waals surface area contributed by atoms with Gasteiger partial charge in [0.1, 0.15) is 22.7 Å². The number of anilines is 2. The predicted octanol–water partition coefficient (Wildman–Crippen LogP) is 6.71. The molecule has 3 aromatic rings. The molecule has 0 atom stereocenters. The van der Waals surface area contributed by atoms with E-state index in [9.17, 15) is 0 Å². The van der Waals surface area contributed by atoms with Crippen molar-refractivity contribution in [2.45, 2.75) is 136 Å². The lowest BCUT2D eigenvalue weighted by Gasteiger charge is -2.47. The summed E-state index contributed by atoms with van der Waals surface area (Å²) in [5.41, 5.74) is 3.07. The summed E-state index contributed by atoms with van der Waals surface area (Å²) in [6.45, 7) is 26.6. The predicted molar refractivity (Wildman–Crippen MR) is 206 cm³/mol. The van der Waals surface area contributed by atoms with Gasteiger partial charge in [0, 0.05) is 49.2 Å². The van der Waals surface area contributed by atoms with Crippen LogP contribution in [0.4, 0.5) is 11.9 Å². The fourth-order valence-corrected chi connectivity index (χ4v) is 8.97. The molecule has 0 saturated carbocycles. The van der Waals surface area contributed by atoms with Crippen molar-refractivity contribution in [2.24, 2.45) is 0 Å². The number of hydrogen-bond acceptors (Lipinski definition) is 12. The van der Waals surface area contributed by atoms with Crippen molar-refractivity contribution in [3.05, 3.63) is 58.7 Å². The number of rotatable bonds is 11. The zero-order valence-corrected chi connectivity index (χ0v) is 33.6. The van der Waals surface area contributed by atoms with Crippen molar-refractivity contribution in [3.8, 4) is 11.5 Å². The molecular weight excluding hydrogens is 669 g/mol. The van der Waals surface area contributed by atoms with Crippen LogP contribution in [0.5, 0.6) is 11.5 Å². The summed E-state index contributed by atoms with van der Waals surface area (Å²) in [6.07, 6.45) is 7.71. The van der Waals surface area contributed by atoms with E-state index in [-0.39, 0.29) is 12.1 Å². The maximum absolute atomic E-state index is 6.55. The first-order valence-corrected chi connectivity index (χ1v) is 19.7. The molecule has 0 radical (unpaired) electrons. The van der Waals surface area contributed by atoms with Gasteiger partial charge in [-0.3, -0.25) is 4.90 Å². The molecule has 1 aromatic carbocycles. The van der Waals surface area contributed by atoms with Gasteiger partial charge in [0.15, 0.2) is 0 Å². The van der Waals surface area contributed by atoms with E-state index >= 15 is 0 Å². The second-order valence-electron chi connectivity index (χ2n) is 17.0. The molecule has 0 bridgehead atoms. The Morgan fingerprint density at radius 3 is 1.58 bits per heavy atom. The smallest absolute Gasteiger partial charge is 0.245 e. The molecule has 0 aliphatic carbocycles. The van der Waals surface area contributed by atoms with Crippen LogP contribution in [0.2, 0.25) is 0 Å². The second-order valence-corrected chi connectivity index (χ2v) is 17.0. The van der Waals surface area contributed by atoms with E-state index in [1.54, 1.807) is 0 Å². The number of piperidine rings is 2. The van der Waals surface area contributed by atoms with Crippen molar-refractivity contribution in [1.29, 1.82) is 0 Å². The third-order valence-corrected chi connectivity index (χ3v) is 11.2. The normalized spacial score (nSPS) is 21.9. The summed E-state index contributed by atoms with van der Waals surface area (Å²) in [5, 5.41) is 8.27. The fraction of sp³-hybridized carbons (Fsp3) is 0.659. The standard InChI is InChI=1S/C41H60N8O4/c1-11-50-30-21-27(22-31(23-30)51-12-2)26-47-19-15-29(16-20-47)49(37-44-25-33-35(46-37)41(9,10)53-39(33,5)6)48(28-13-17-42-18-14-28)36-43-24-32-34(45-36)40(7,8)52-38(32,3)4/h21-25,28-29,42H,11-20,26H2,1-10H3. The highest BCUT2D eigenvalue weighted by atomic mass is 16.5. The molecule has 12 heteroatoms. The maximum Gasteiger partial charge on any atom is 0.245 e. The molecule has 2 fully saturated rings. The first-order chi connectivity index (χ1) is 25.1. The summed E-state index contributed by atoms with van der Waals surface area (Å²) < 4.78 is 24.9. The molecule has 53 heavy (non-hydrogen) atoms. The van der Waals surface area contributed by atoms with E-state index in [4.69, 9.17) is 38.9 Å². The second kappa shape index (κ2) is 14.2. The van der Waals surface area contributed by atoms with Crippen molar-refractivity contribution < 1.29 is 18.9 Å². The summed E-state index contributed by atoms with van der Waals surface area (Å²) in [7, 11) is 0. The summed E-state index contributed by atoms with van der Waals surface area (Å²) in [5.74, 6) is 3.04. The van der Waals surface area contributed by atoms with Crippen molar-refractivity contribution in [1.82, 2.24) is 30.2 Å². The van der Waals surface area contributed by atoms with E-state index in [1.165, 1.54) is 5.56 Å². The van der Waals surface area contributed by atoms with Crippen LogP contribution in [0.3, 0.4) is 0 Å². The quantitative estimate of drug-likeness (QED) is 0.212. The van der Waals surface area contributed by atoms with Gasteiger partial charge in [0.2, 0.25) is 11.9 Å². The molecule has 7 rings (SSSR count). The van der Waals surface area contributed by atoms with Gasteiger partial charge in [-0.25, -0.2) is 30.0 Å². The lowest BCUT2D eigenvalue weighted by atomic mass is 9.97. The highest BCUT2D eigenvalue weighted by Crippen LogP contribution is 2.48. The SMILES string of the molecule is CCOc1cc(CN2CCC(N(c3ncc4c(n3)C(C)(C)OC4(C)C)N(c3ncc4c(n3)C(C)(C)OC4(C)C)C3CCNCC3)CC2)cc(OCC)c1. The maximum atomic E-state index is 6.55. The number of likely N-dealkylation sites (tertiary alicyclic amines) is 1. The van der Waals surface area contributed by atoms with Crippen LogP contribution in [0, 0.1) is 0 Å². The van der Waals surface area contributed by atoms with Crippen molar-refractivity contribution in [2.75, 3.05) is 49.4 Å². The molecule has 0 spiro atoms.